The molecule has 110 valence electrons. The van der Waals surface area contributed by atoms with Gasteiger partial charge in [0.1, 0.15) is 0 Å². The number of aliphatic hydroxyl groups excluding tert-OH is 1. The molecule has 0 saturated heterocycles. The van der Waals surface area contributed by atoms with Crippen molar-refractivity contribution in [3.63, 3.8) is 0 Å². The van der Waals surface area contributed by atoms with Crippen LogP contribution in [-0.4, -0.2) is 30.0 Å². The summed E-state index contributed by atoms with van der Waals surface area (Å²) in [5, 5.41) is 12.2. The van der Waals surface area contributed by atoms with E-state index < -0.39 is 5.54 Å². The third-order valence-electron chi connectivity index (χ3n) is 3.65. The summed E-state index contributed by atoms with van der Waals surface area (Å²) in [4.78, 5) is 11.9. The summed E-state index contributed by atoms with van der Waals surface area (Å²) in [7, 11) is 0. The fourth-order valence-corrected chi connectivity index (χ4v) is 1.99. The SMILES string of the molecule is CCC(C)(CO)NC(=O)CCc1ccc2c(c1)OCO2. The molecular formula is C15H21NO4. The van der Waals surface area contributed by atoms with Gasteiger partial charge >= 0.3 is 0 Å². The van der Waals surface area contributed by atoms with Gasteiger partial charge < -0.3 is 19.9 Å². The van der Waals surface area contributed by atoms with E-state index in [9.17, 15) is 9.90 Å². The van der Waals surface area contributed by atoms with Crippen LogP contribution in [0, 0.1) is 0 Å². The highest BCUT2D eigenvalue weighted by molar-refractivity contribution is 5.77. The van der Waals surface area contributed by atoms with Crippen molar-refractivity contribution >= 4 is 5.91 Å². The van der Waals surface area contributed by atoms with Crippen LogP contribution in [0.15, 0.2) is 18.2 Å². The fraction of sp³-hybridized carbons (Fsp3) is 0.533. The highest BCUT2D eigenvalue weighted by Crippen LogP contribution is 2.32. The second-order valence-corrected chi connectivity index (χ2v) is 5.31. The first-order valence-electron chi connectivity index (χ1n) is 6.87. The molecular weight excluding hydrogens is 258 g/mol. The quantitative estimate of drug-likeness (QED) is 0.830. The summed E-state index contributed by atoms with van der Waals surface area (Å²) in [5.41, 5.74) is 0.498. The van der Waals surface area contributed by atoms with E-state index >= 15 is 0 Å². The van der Waals surface area contributed by atoms with Gasteiger partial charge in [-0.25, -0.2) is 0 Å². The third-order valence-corrected chi connectivity index (χ3v) is 3.65. The summed E-state index contributed by atoms with van der Waals surface area (Å²) in [6.45, 7) is 3.98. The summed E-state index contributed by atoms with van der Waals surface area (Å²) in [5.74, 6) is 1.43. The Bertz CT molecular complexity index is 483. The predicted molar refractivity (Wildman–Crippen MR) is 74.8 cm³/mol. The van der Waals surface area contributed by atoms with Gasteiger partial charge in [0.15, 0.2) is 11.5 Å². The largest absolute Gasteiger partial charge is 0.454 e. The molecule has 0 saturated carbocycles. The molecule has 0 aliphatic carbocycles. The van der Waals surface area contributed by atoms with Crippen LogP contribution in [0.2, 0.25) is 0 Å². The highest BCUT2D eigenvalue weighted by atomic mass is 16.7. The van der Waals surface area contributed by atoms with E-state index in [4.69, 9.17) is 9.47 Å². The Balaban J connectivity index is 1.87. The third kappa shape index (κ3) is 3.42. The second-order valence-electron chi connectivity index (χ2n) is 5.31. The number of hydrogen-bond donors (Lipinski definition) is 2. The Kier molecular flexibility index (Phi) is 4.49. The van der Waals surface area contributed by atoms with Crippen LogP contribution in [0.3, 0.4) is 0 Å². The minimum absolute atomic E-state index is 0.0546. The Hall–Kier alpha value is -1.75. The first-order chi connectivity index (χ1) is 9.56. The minimum Gasteiger partial charge on any atom is -0.454 e. The Morgan fingerprint density at radius 1 is 1.40 bits per heavy atom. The van der Waals surface area contributed by atoms with Crippen molar-refractivity contribution in [1.29, 1.82) is 0 Å². The zero-order valence-corrected chi connectivity index (χ0v) is 11.9. The van der Waals surface area contributed by atoms with E-state index in [0.29, 0.717) is 19.3 Å². The van der Waals surface area contributed by atoms with Crippen LogP contribution in [-0.2, 0) is 11.2 Å². The van der Waals surface area contributed by atoms with E-state index in [1.54, 1.807) is 0 Å². The lowest BCUT2D eigenvalue weighted by Crippen LogP contribution is -2.48. The van der Waals surface area contributed by atoms with Gasteiger partial charge in [-0.3, -0.25) is 4.79 Å². The van der Waals surface area contributed by atoms with Crippen LogP contribution >= 0.6 is 0 Å². The van der Waals surface area contributed by atoms with Crippen LogP contribution in [0.4, 0.5) is 0 Å². The lowest BCUT2D eigenvalue weighted by Gasteiger charge is -2.27. The maximum Gasteiger partial charge on any atom is 0.231 e. The molecule has 0 aromatic heterocycles. The van der Waals surface area contributed by atoms with E-state index in [1.165, 1.54) is 0 Å². The molecule has 1 unspecified atom stereocenters. The molecule has 1 atom stereocenters. The lowest BCUT2D eigenvalue weighted by atomic mass is 9.99. The summed E-state index contributed by atoms with van der Waals surface area (Å²) >= 11 is 0. The Morgan fingerprint density at radius 2 is 2.15 bits per heavy atom. The molecule has 0 bridgehead atoms. The maximum absolute atomic E-state index is 11.9. The minimum atomic E-state index is -0.536. The Labute approximate surface area is 118 Å². The molecule has 20 heavy (non-hydrogen) atoms. The Morgan fingerprint density at radius 3 is 2.85 bits per heavy atom. The van der Waals surface area contributed by atoms with Crippen molar-refractivity contribution in [3.05, 3.63) is 23.8 Å². The summed E-state index contributed by atoms with van der Waals surface area (Å²) in [6.07, 6.45) is 1.71. The molecule has 1 aliphatic rings. The van der Waals surface area contributed by atoms with Crippen molar-refractivity contribution in [2.75, 3.05) is 13.4 Å². The fourth-order valence-electron chi connectivity index (χ4n) is 1.99. The number of amides is 1. The van der Waals surface area contributed by atoms with Gasteiger partial charge in [0.25, 0.3) is 0 Å². The molecule has 0 fully saturated rings. The number of carbonyl (C=O) groups is 1. The lowest BCUT2D eigenvalue weighted by molar-refractivity contribution is -0.123. The standard InChI is InChI=1S/C15H21NO4/c1-3-15(2,9-17)16-14(18)7-5-11-4-6-12-13(8-11)20-10-19-12/h4,6,8,17H,3,5,7,9-10H2,1-2H3,(H,16,18). The van der Waals surface area contributed by atoms with Crippen molar-refractivity contribution in [2.45, 2.75) is 38.6 Å². The van der Waals surface area contributed by atoms with Crippen LogP contribution in [0.1, 0.15) is 32.3 Å². The van der Waals surface area contributed by atoms with Gasteiger partial charge in [0, 0.05) is 6.42 Å². The number of carbonyl (C=O) groups excluding carboxylic acids is 1. The van der Waals surface area contributed by atoms with Gasteiger partial charge in [-0.1, -0.05) is 13.0 Å². The average molecular weight is 279 g/mol. The average Bonchev–Trinajstić information content (AvgIpc) is 2.92. The second kappa shape index (κ2) is 6.13. The van der Waals surface area contributed by atoms with Crippen molar-refractivity contribution in [1.82, 2.24) is 5.32 Å². The molecule has 1 aliphatic heterocycles. The van der Waals surface area contributed by atoms with Gasteiger partial charge in [-0.15, -0.1) is 0 Å². The van der Waals surface area contributed by atoms with E-state index in [-0.39, 0.29) is 19.3 Å². The predicted octanol–water partition coefficient (Wildman–Crippen LogP) is 1.63. The summed E-state index contributed by atoms with van der Waals surface area (Å²) < 4.78 is 10.6. The zero-order valence-electron chi connectivity index (χ0n) is 11.9. The van der Waals surface area contributed by atoms with Crippen LogP contribution in [0.25, 0.3) is 0 Å². The van der Waals surface area contributed by atoms with Gasteiger partial charge in [0.2, 0.25) is 12.7 Å². The number of aryl methyl sites for hydroxylation is 1. The molecule has 1 aromatic carbocycles. The van der Waals surface area contributed by atoms with Crippen molar-refractivity contribution in [2.24, 2.45) is 0 Å². The summed E-state index contributed by atoms with van der Waals surface area (Å²) in [6, 6.07) is 5.70. The molecule has 5 nitrogen and oxygen atoms in total. The number of benzene rings is 1. The normalized spacial score (nSPS) is 15.8. The maximum atomic E-state index is 11.9. The zero-order chi connectivity index (χ0) is 14.6. The number of nitrogens with one attached hydrogen (secondary N) is 1. The van der Waals surface area contributed by atoms with Crippen molar-refractivity contribution < 1.29 is 19.4 Å². The monoisotopic (exact) mass is 279 g/mol. The number of hydrogen-bond acceptors (Lipinski definition) is 4. The molecule has 2 rings (SSSR count). The molecule has 0 spiro atoms. The van der Waals surface area contributed by atoms with Crippen LogP contribution in [0.5, 0.6) is 11.5 Å². The van der Waals surface area contributed by atoms with E-state index in [2.05, 4.69) is 5.32 Å². The molecule has 0 radical (unpaired) electrons. The highest BCUT2D eigenvalue weighted by Gasteiger charge is 2.23. The van der Waals surface area contributed by atoms with E-state index in [1.807, 2.05) is 32.0 Å². The van der Waals surface area contributed by atoms with Crippen molar-refractivity contribution in [3.8, 4) is 11.5 Å². The van der Waals surface area contributed by atoms with E-state index in [0.717, 1.165) is 17.1 Å². The van der Waals surface area contributed by atoms with Gasteiger partial charge in [-0.05, 0) is 37.5 Å². The smallest absolute Gasteiger partial charge is 0.231 e. The van der Waals surface area contributed by atoms with Crippen LogP contribution < -0.4 is 14.8 Å². The molecule has 1 aromatic rings. The topological polar surface area (TPSA) is 67.8 Å². The number of ether oxygens (including phenoxy) is 2. The van der Waals surface area contributed by atoms with Gasteiger partial charge in [-0.2, -0.15) is 0 Å². The van der Waals surface area contributed by atoms with Gasteiger partial charge in [0.05, 0.1) is 12.1 Å². The molecule has 1 heterocycles. The first kappa shape index (κ1) is 14.7. The molecule has 1 amide bonds. The number of fused-ring (bicyclic) bond motifs is 1. The molecule has 5 heteroatoms. The molecule has 2 N–H and O–H groups in total. The first-order valence-corrected chi connectivity index (χ1v) is 6.87. The number of aliphatic hydroxyl groups is 1. The number of rotatable bonds is 6.